The molecule has 1 fully saturated rings. The SMILES string of the molecule is CC(C)c1[c]cc(C2CC2)cc1. The molecule has 63 valence electrons. The molecular formula is C12H15. The second-order valence-corrected chi connectivity index (χ2v) is 4.01. The summed E-state index contributed by atoms with van der Waals surface area (Å²) in [5, 5.41) is 0. The van der Waals surface area contributed by atoms with E-state index in [0.717, 1.165) is 5.92 Å². The molecule has 0 saturated heterocycles. The molecule has 0 spiro atoms. The van der Waals surface area contributed by atoms with Crippen LogP contribution in [0.5, 0.6) is 0 Å². The first-order valence-corrected chi connectivity index (χ1v) is 4.79. The number of benzene rings is 1. The Balaban J connectivity index is 2.18. The van der Waals surface area contributed by atoms with E-state index in [1.54, 1.807) is 0 Å². The molecule has 1 aliphatic carbocycles. The van der Waals surface area contributed by atoms with Gasteiger partial charge in [0, 0.05) is 0 Å². The van der Waals surface area contributed by atoms with Crippen LogP contribution in [0.2, 0.25) is 0 Å². The van der Waals surface area contributed by atoms with E-state index >= 15 is 0 Å². The minimum Gasteiger partial charge on any atom is -0.0587 e. The van der Waals surface area contributed by atoms with Gasteiger partial charge < -0.3 is 0 Å². The fourth-order valence-electron chi connectivity index (χ4n) is 1.48. The van der Waals surface area contributed by atoms with Crippen molar-refractivity contribution in [1.29, 1.82) is 0 Å². The number of hydrogen-bond donors (Lipinski definition) is 0. The normalized spacial score (nSPS) is 16.9. The van der Waals surface area contributed by atoms with Gasteiger partial charge in [-0.2, -0.15) is 0 Å². The van der Waals surface area contributed by atoms with Crippen molar-refractivity contribution >= 4 is 0 Å². The van der Waals surface area contributed by atoms with E-state index in [0.29, 0.717) is 5.92 Å². The average Bonchev–Trinajstić information content (AvgIpc) is 2.87. The van der Waals surface area contributed by atoms with Crippen molar-refractivity contribution < 1.29 is 0 Å². The summed E-state index contributed by atoms with van der Waals surface area (Å²) in [7, 11) is 0. The van der Waals surface area contributed by atoms with Crippen molar-refractivity contribution in [3.63, 3.8) is 0 Å². The van der Waals surface area contributed by atoms with Crippen molar-refractivity contribution in [2.45, 2.75) is 38.5 Å². The van der Waals surface area contributed by atoms with Crippen LogP contribution < -0.4 is 0 Å². The van der Waals surface area contributed by atoms with E-state index in [9.17, 15) is 0 Å². The highest BCUT2D eigenvalue weighted by molar-refractivity contribution is 5.28. The van der Waals surface area contributed by atoms with Crippen LogP contribution in [0.25, 0.3) is 0 Å². The van der Waals surface area contributed by atoms with Crippen molar-refractivity contribution in [3.05, 3.63) is 35.4 Å². The molecule has 1 radical (unpaired) electrons. The van der Waals surface area contributed by atoms with Gasteiger partial charge in [0.05, 0.1) is 0 Å². The topological polar surface area (TPSA) is 0 Å². The van der Waals surface area contributed by atoms with Crippen LogP contribution in [0.15, 0.2) is 18.2 Å². The first-order chi connectivity index (χ1) is 5.77. The summed E-state index contributed by atoms with van der Waals surface area (Å²) in [6.07, 6.45) is 2.77. The summed E-state index contributed by atoms with van der Waals surface area (Å²) in [5.41, 5.74) is 2.82. The van der Waals surface area contributed by atoms with Gasteiger partial charge in [0.25, 0.3) is 0 Å². The van der Waals surface area contributed by atoms with Crippen LogP contribution in [-0.2, 0) is 0 Å². The third kappa shape index (κ3) is 1.52. The molecule has 2 rings (SSSR count). The highest BCUT2D eigenvalue weighted by Crippen LogP contribution is 2.40. The van der Waals surface area contributed by atoms with Gasteiger partial charge in [0.15, 0.2) is 0 Å². The maximum atomic E-state index is 3.36. The zero-order chi connectivity index (χ0) is 8.55. The molecule has 1 aromatic carbocycles. The van der Waals surface area contributed by atoms with Gasteiger partial charge in [-0.15, -0.1) is 0 Å². The van der Waals surface area contributed by atoms with Crippen LogP contribution >= 0.6 is 0 Å². The Hall–Kier alpha value is -0.780. The van der Waals surface area contributed by atoms with Gasteiger partial charge in [-0.05, 0) is 41.9 Å². The molecule has 12 heavy (non-hydrogen) atoms. The van der Waals surface area contributed by atoms with Crippen molar-refractivity contribution in [1.82, 2.24) is 0 Å². The third-order valence-corrected chi connectivity index (χ3v) is 2.53. The highest BCUT2D eigenvalue weighted by Gasteiger charge is 2.22. The summed E-state index contributed by atoms with van der Waals surface area (Å²) < 4.78 is 0. The lowest BCUT2D eigenvalue weighted by molar-refractivity contribution is 0.862. The summed E-state index contributed by atoms with van der Waals surface area (Å²) in [4.78, 5) is 0. The van der Waals surface area contributed by atoms with E-state index in [-0.39, 0.29) is 0 Å². The van der Waals surface area contributed by atoms with E-state index < -0.39 is 0 Å². The minimum atomic E-state index is 0.609. The Morgan fingerprint density at radius 2 is 2.08 bits per heavy atom. The van der Waals surface area contributed by atoms with Gasteiger partial charge in [-0.1, -0.05) is 32.0 Å². The van der Waals surface area contributed by atoms with Gasteiger partial charge in [-0.25, -0.2) is 0 Å². The molecule has 1 saturated carbocycles. The Labute approximate surface area is 74.6 Å². The van der Waals surface area contributed by atoms with E-state index in [1.807, 2.05) is 0 Å². The van der Waals surface area contributed by atoms with Crippen LogP contribution in [0, 0.1) is 6.07 Å². The molecule has 1 aliphatic rings. The molecule has 0 N–H and O–H groups in total. The van der Waals surface area contributed by atoms with Crippen molar-refractivity contribution in [2.75, 3.05) is 0 Å². The Kier molecular flexibility index (Phi) is 1.92. The lowest BCUT2D eigenvalue weighted by Gasteiger charge is -2.04. The van der Waals surface area contributed by atoms with Gasteiger partial charge in [-0.3, -0.25) is 0 Å². The Bertz CT molecular complexity index is 231. The fraction of sp³-hybridized carbons (Fsp3) is 0.500. The van der Waals surface area contributed by atoms with E-state index in [2.05, 4.69) is 38.1 Å². The quantitative estimate of drug-likeness (QED) is 0.619. The third-order valence-electron chi connectivity index (χ3n) is 2.53. The summed E-state index contributed by atoms with van der Waals surface area (Å²) in [6.45, 7) is 4.42. The average molecular weight is 159 g/mol. The number of rotatable bonds is 2. The first kappa shape index (κ1) is 7.85. The van der Waals surface area contributed by atoms with E-state index in [1.165, 1.54) is 24.0 Å². The van der Waals surface area contributed by atoms with Crippen molar-refractivity contribution in [2.24, 2.45) is 0 Å². The Morgan fingerprint density at radius 3 is 2.50 bits per heavy atom. The summed E-state index contributed by atoms with van der Waals surface area (Å²) in [5.74, 6) is 1.47. The van der Waals surface area contributed by atoms with E-state index in [4.69, 9.17) is 0 Å². The molecule has 0 aliphatic heterocycles. The zero-order valence-electron chi connectivity index (χ0n) is 7.80. The molecule has 0 amide bonds. The van der Waals surface area contributed by atoms with Crippen LogP contribution in [0.1, 0.15) is 49.7 Å². The first-order valence-electron chi connectivity index (χ1n) is 4.79. The van der Waals surface area contributed by atoms with Gasteiger partial charge >= 0.3 is 0 Å². The second kappa shape index (κ2) is 2.93. The van der Waals surface area contributed by atoms with Crippen LogP contribution in [-0.4, -0.2) is 0 Å². The predicted molar refractivity (Wildman–Crippen MR) is 51.3 cm³/mol. The standard InChI is InChI=1S/C12H15/c1-9(2)10-3-5-11(6-4-10)12-7-8-12/h3,5-6,9,12H,7-8H2,1-2H3. The molecule has 0 nitrogen and oxygen atoms in total. The molecule has 0 heteroatoms. The summed E-state index contributed by atoms with van der Waals surface area (Å²) >= 11 is 0. The molecular weight excluding hydrogens is 144 g/mol. The summed E-state index contributed by atoms with van der Waals surface area (Å²) in [6, 6.07) is 10.0. The zero-order valence-corrected chi connectivity index (χ0v) is 7.80. The maximum Gasteiger partial charge on any atom is -0.0143 e. The van der Waals surface area contributed by atoms with Crippen molar-refractivity contribution in [3.8, 4) is 0 Å². The second-order valence-electron chi connectivity index (χ2n) is 4.01. The molecule has 0 unspecified atom stereocenters. The molecule has 1 aromatic rings. The van der Waals surface area contributed by atoms with Crippen LogP contribution in [0.3, 0.4) is 0 Å². The Morgan fingerprint density at radius 1 is 1.33 bits per heavy atom. The predicted octanol–water partition coefficient (Wildman–Crippen LogP) is 3.49. The monoisotopic (exact) mass is 159 g/mol. The minimum absolute atomic E-state index is 0.609. The number of hydrogen-bond acceptors (Lipinski definition) is 0. The molecule has 0 heterocycles. The van der Waals surface area contributed by atoms with Gasteiger partial charge in [0.1, 0.15) is 0 Å². The van der Waals surface area contributed by atoms with Gasteiger partial charge in [0.2, 0.25) is 0 Å². The maximum absolute atomic E-state index is 3.36. The molecule has 0 bridgehead atoms. The fourth-order valence-corrected chi connectivity index (χ4v) is 1.48. The largest absolute Gasteiger partial charge is 0.0587 e. The lowest BCUT2D eigenvalue weighted by Crippen LogP contribution is -1.87. The van der Waals surface area contributed by atoms with Crippen LogP contribution in [0.4, 0.5) is 0 Å². The molecule has 0 atom stereocenters. The highest BCUT2D eigenvalue weighted by atomic mass is 14.3. The molecule has 0 aromatic heterocycles. The smallest absolute Gasteiger partial charge is 0.0143 e. The lowest BCUT2D eigenvalue weighted by atomic mass is 10.0.